The smallest absolute Gasteiger partial charge is 0.306 e. The van der Waals surface area contributed by atoms with Gasteiger partial charge in [-0.1, -0.05) is 5.16 Å². The molecule has 0 aliphatic carbocycles. The standard InChI is InChI=1S/C21H28N2O6/c1-21(2,3)28-19(24)8-7-11-23(4)20(25)16-13-18(29-22-16)15-12-14(26-5)9-10-17(15)27-6/h9-10,12-13H,7-8,11H2,1-6H3. The molecule has 1 aromatic carbocycles. The fourth-order valence-corrected chi connectivity index (χ4v) is 2.66. The first-order valence-electron chi connectivity index (χ1n) is 9.31. The molecule has 29 heavy (non-hydrogen) atoms. The minimum atomic E-state index is -0.517. The Hall–Kier alpha value is -3.03. The molecule has 1 amide bonds. The van der Waals surface area contributed by atoms with Crippen LogP contribution in [0.5, 0.6) is 11.5 Å². The van der Waals surface area contributed by atoms with E-state index in [4.69, 9.17) is 18.7 Å². The Morgan fingerprint density at radius 3 is 2.48 bits per heavy atom. The van der Waals surface area contributed by atoms with E-state index in [0.717, 1.165) is 0 Å². The van der Waals surface area contributed by atoms with Crippen molar-refractivity contribution in [2.75, 3.05) is 27.8 Å². The van der Waals surface area contributed by atoms with Gasteiger partial charge < -0.3 is 23.6 Å². The molecule has 0 saturated heterocycles. The Bertz CT molecular complexity index is 853. The maximum absolute atomic E-state index is 12.6. The lowest BCUT2D eigenvalue weighted by Crippen LogP contribution is -2.29. The highest BCUT2D eigenvalue weighted by Crippen LogP contribution is 2.33. The van der Waals surface area contributed by atoms with Gasteiger partial charge in [-0.2, -0.15) is 0 Å². The molecule has 8 nitrogen and oxygen atoms in total. The van der Waals surface area contributed by atoms with Crippen LogP contribution in [-0.4, -0.2) is 55.3 Å². The molecule has 0 atom stereocenters. The number of methoxy groups -OCH3 is 2. The molecule has 0 aliphatic rings. The van der Waals surface area contributed by atoms with Gasteiger partial charge in [0, 0.05) is 26.1 Å². The minimum Gasteiger partial charge on any atom is -0.497 e. The number of nitrogens with zero attached hydrogens (tertiary/aromatic N) is 2. The number of rotatable bonds is 8. The van der Waals surface area contributed by atoms with Crippen LogP contribution in [0.4, 0.5) is 0 Å². The third kappa shape index (κ3) is 6.23. The SMILES string of the molecule is COc1ccc(OC)c(-c2cc(C(=O)N(C)CCCC(=O)OC(C)(C)C)no2)c1. The van der Waals surface area contributed by atoms with E-state index in [1.54, 1.807) is 45.5 Å². The van der Waals surface area contributed by atoms with Gasteiger partial charge in [0.15, 0.2) is 11.5 Å². The maximum Gasteiger partial charge on any atom is 0.306 e. The fraction of sp³-hybridized carbons (Fsp3) is 0.476. The Balaban J connectivity index is 2.01. The summed E-state index contributed by atoms with van der Waals surface area (Å²) >= 11 is 0. The summed E-state index contributed by atoms with van der Waals surface area (Å²) in [4.78, 5) is 25.9. The van der Waals surface area contributed by atoms with Crippen molar-refractivity contribution >= 4 is 11.9 Å². The number of benzene rings is 1. The average Bonchev–Trinajstić information content (AvgIpc) is 3.15. The van der Waals surface area contributed by atoms with E-state index in [-0.39, 0.29) is 24.0 Å². The van der Waals surface area contributed by atoms with Crippen LogP contribution in [0, 0.1) is 0 Å². The van der Waals surface area contributed by atoms with Crippen LogP contribution in [0.15, 0.2) is 28.8 Å². The summed E-state index contributed by atoms with van der Waals surface area (Å²) in [6.45, 7) is 5.85. The van der Waals surface area contributed by atoms with Crippen molar-refractivity contribution in [3.05, 3.63) is 30.0 Å². The summed E-state index contributed by atoms with van der Waals surface area (Å²) in [6, 6.07) is 6.83. The van der Waals surface area contributed by atoms with E-state index in [2.05, 4.69) is 5.16 Å². The normalized spacial score (nSPS) is 11.1. The third-order valence-electron chi connectivity index (χ3n) is 4.04. The van der Waals surface area contributed by atoms with E-state index in [1.165, 1.54) is 4.90 Å². The molecule has 0 bridgehead atoms. The zero-order chi connectivity index (χ0) is 21.6. The quantitative estimate of drug-likeness (QED) is 0.621. The van der Waals surface area contributed by atoms with E-state index in [0.29, 0.717) is 35.8 Å². The molecule has 8 heteroatoms. The Kier molecular flexibility index (Phi) is 7.25. The van der Waals surface area contributed by atoms with Crippen LogP contribution < -0.4 is 9.47 Å². The fourth-order valence-electron chi connectivity index (χ4n) is 2.66. The van der Waals surface area contributed by atoms with E-state index in [9.17, 15) is 9.59 Å². The van der Waals surface area contributed by atoms with E-state index < -0.39 is 5.60 Å². The van der Waals surface area contributed by atoms with Crippen molar-refractivity contribution in [3.8, 4) is 22.8 Å². The number of amides is 1. The van der Waals surface area contributed by atoms with Crippen LogP contribution in [0.2, 0.25) is 0 Å². The van der Waals surface area contributed by atoms with Crippen molar-refractivity contribution in [2.45, 2.75) is 39.2 Å². The van der Waals surface area contributed by atoms with Gasteiger partial charge in [-0.15, -0.1) is 0 Å². The van der Waals surface area contributed by atoms with Crippen LogP contribution in [0.1, 0.15) is 44.1 Å². The molecule has 1 aromatic heterocycles. The van der Waals surface area contributed by atoms with Crippen molar-refractivity contribution in [1.29, 1.82) is 0 Å². The summed E-state index contributed by atoms with van der Waals surface area (Å²) in [6.07, 6.45) is 0.728. The summed E-state index contributed by atoms with van der Waals surface area (Å²) in [5.74, 6) is 1.01. The van der Waals surface area contributed by atoms with Gasteiger partial charge in [-0.3, -0.25) is 9.59 Å². The first-order valence-corrected chi connectivity index (χ1v) is 9.31. The van der Waals surface area contributed by atoms with E-state index in [1.807, 2.05) is 20.8 Å². The monoisotopic (exact) mass is 404 g/mol. The van der Waals surface area contributed by atoms with Crippen LogP contribution in [0.3, 0.4) is 0 Å². The number of carbonyl (C=O) groups is 2. The molecule has 0 saturated carbocycles. The van der Waals surface area contributed by atoms with Gasteiger partial charge in [0.25, 0.3) is 5.91 Å². The number of hydrogen-bond acceptors (Lipinski definition) is 7. The number of esters is 1. The second-order valence-corrected chi connectivity index (χ2v) is 7.56. The highest BCUT2D eigenvalue weighted by Gasteiger charge is 2.21. The molecule has 0 N–H and O–H groups in total. The molecule has 2 aromatic rings. The van der Waals surface area contributed by atoms with Gasteiger partial charge in [0.1, 0.15) is 17.1 Å². The van der Waals surface area contributed by atoms with Crippen molar-refractivity contribution in [1.82, 2.24) is 10.1 Å². The Morgan fingerprint density at radius 1 is 1.14 bits per heavy atom. The topological polar surface area (TPSA) is 91.1 Å². The zero-order valence-corrected chi connectivity index (χ0v) is 17.8. The van der Waals surface area contributed by atoms with E-state index >= 15 is 0 Å². The predicted molar refractivity (Wildman–Crippen MR) is 107 cm³/mol. The first-order chi connectivity index (χ1) is 13.6. The lowest BCUT2D eigenvalue weighted by Gasteiger charge is -2.20. The molecule has 0 unspecified atom stereocenters. The van der Waals surface area contributed by atoms with Crippen molar-refractivity contribution < 1.29 is 28.3 Å². The van der Waals surface area contributed by atoms with Gasteiger partial charge in [0.05, 0.1) is 19.8 Å². The molecular weight excluding hydrogens is 376 g/mol. The minimum absolute atomic E-state index is 0.171. The predicted octanol–water partition coefficient (Wildman–Crippen LogP) is 3.55. The summed E-state index contributed by atoms with van der Waals surface area (Å²) in [5.41, 5.74) is 0.285. The molecule has 2 rings (SSSR count). The maximum atomic E-state index is 12.6. The molecule has 0 fully saturated rings. The van der Waals surface area contributed by atoms with Gasteiger partial charge in [-0.05, 0) is 45.4 Å². The number of carbonyl (C=O) groups excluding carboxylic acids is 2. The average molecular weight is 404 g/mol. The van der Waals surface area contributed by atoms with Gasteiger partial charge in [0.2, 0.25) is 0 Å². The second-order valence-electron chi connectivity index (χ2n) is 7.56. The second kappa shape index (κ2) is 9.45. The van der Waals surface area contributed by atoms with Crippen LogP contribution in [-0.2, 0) is 9.53 Å². The molecule has 0 aliphatic heterocycles. The highest BCUT2D eigenvalue weighted by atomic mass is 16.6. The number of ether oxygens (including phenoxy) is 3. The summed E-state index contributed by atoms with van der Waals surface area (Å²) < 4.78 is 21.2. The Morgan fingerprint density at radius 2 is 1.86 bits per heavy atom. The van der Waals surface area contributed by atoms with Crippen molar-refractivity contribution in [2.24, 2.45) is 0 Å². The molecule has 158 valence electrons. The van der Waals surface area contributed by atoms with Crippen LogP contribution in [0.25, 0.3) is 11.3 Å². The molecule has 0 radical (unpaired) electrons. The van der Waals surface area contributed by atoms with Gasteiger partial charge in [-0.25, -0.2) is 0 Å². The number of aromatic nitrogens is 1. The zero-order valence-electron chi connectivity index (χ0n) is 17.8. The molecular formula is C21H28N2O6. The molecule has 0 spiro atoms. The van der Waals surface area contributed by atoms with Crippen LogP contribution >= 0.6 is 0 Å². The Labute approximate surface area is 170 Å². The van der Waals surface area contributed by atoms with Crippen molar-refractivity contribution in [3.63, 3.8) is 0 Å². The largest absolute Gasteiger partial charge is 0.497 e. The lowest BCUT2D eigenvalue weighted by molar-refractivity contribution is -0.154. The first kappa shape index (κ1) is 22.3. The number of hydrogen-bond donors (Lipinski definition) is 0. The summed E-state index contributed by atoms with van der Waals surface area (Å²) in [7, 11) is 4.76. The summed E-state index contributed by atoms with van der Waals surface area (Å²) in [5, 5.41) is 3.88. The third-order valence-corrected chi connectivity index (χ3v) is 4.04. The highest BCUT2D eigenvalue weighted by molar-refractivity contribution is 5.93. The molecule has 1 heterocycles. The van der Waals surface area contributed by atoms with Gasteiger partial charge >= 0.3 is 5.97 Å². The lowest BCUT2D eigenvalue weighted by atomic mass is 10.1.